The normalized spacial score (nSPS) is 30.0. The number of hydrogen-bond acceptors (Lipinski definition) is 2. The zero-order valence-electron chi connectivity index (χ0n) is 13.4. The van der Waals surface area contributed by atoms with Crippen molar-refractivity contribution in [3.05, 3.63) is 29.3 Å². The van der Waals surface area contributed by atoms with Crippen molar-refractivity contribution >= 4 is 11.6 Å². The minimum atomic E-state index is 0.0945. The highest BCUT2D eigenvalue weighted by Gasteiger charge is 2.51. The Hall–Kier alpha value is -1.35. The summed E-state index contributed by atoms with van der Waals surface area (Å²) in [6.45, 7) is 9.44. The first-order valence-electron chi connectivity index (χ1n) is 7.83. The molecule has 3 nitrogen and oxygen atoms in total. The van der Waals surface area contributed by atoms with Crippen molar-refractivity contribution < 1.29 is 9.90 Å². The molecule has 0 spiro atoms. The van der Waals surface area contributed by atoms with Crippen LogP contribution in [-0.4, -0.2) is 24.2 Å². The van der Waals surface area contributed by atoms with Gasteiger partial charge in [-0.05, 0) is 46.8 Å². The van der Waals surface area contributed by atoms with E-state index in [4.69, 9.17) is 0 Å². The van der Waals surface area contributed by atoms with Crippen molar-refractivity contribution in [2.75, 3.05) is 18.1 Å². The van der Waals surface area contributed by atoms with E-state index in [1.807, 2.05) is 4.90 Å². The van der Waals surface area contributed by atoms with Crippen LogP contribution in [0, 0.1) is 5.92 Å². The van der Waals surface area contributed by atoms with Crippen molar-refractivity contribution in [2.45, 2.75) is 51.4 Å². The van der Waals surface area contributed by atoms with Crippen molar-refractivity contribution in [3.63, 3.8) is 0 Å². The third kappa shape index (κ3) is 2.18. The Morgan fingerprint density at radius 3 is 2.67 bits per heavy atom. The number of anilines is 1. The smallest absolute Gasteiger partial charge is 0.223 e. The SMILES string of the molecule is CC(=O)N1CCC(C)(C)c2cc([C@@]3(C)C[C@@H]3CO)ccc21. The average Bonchev–Trinajstić information content (AvgIpc) is 3.10. The molecular weight excluding hydrogens is 262 g/mol. The Labute approximate surface area is 127 Å². The molecule has 1 aromatic rings. The molecule has 0 bridgehead atoms. The Bertz CT molecular complexity index is 593. The lowest BCUT2D eigenvalue weighted by molar-refractivity contribution is -0.116. The second kappa shape index (κ2) is 4.57. The molecule has 0 radical (unpaired) electrons. The van der Waals surface area contributed by atoms with E-state index in [2.05, 4.69) is 39.0 Å². The van der Waals surface area contributed by atoms with Crippen LogP contribution in [-0.2, 0) is 15.6 Å². The molecule has 0 aromatic heterocycles. The number of amides is 1. The molecule has 3 rings (SSSR count). The second-order valence-corrected chi connectivity index (χ2v) is 7.54. The van der Waals surface area contributed by atoms with Gasteiger partial charge in [-0.15, -0.1) is 0 Å². The van der Waals surface area contributed by atoms with E-state index >= 15 is 0 Å². The summed E-state index contributed by atoms with van der Waals surface area (Å²) in [5, 5.41) is 9.41. The van der Waals surface area contributed by atoms with Gasteiger partial charge in [-0.3, -0.25) is 4.79 Å². The largest absolute Gasteiger partial charge is 0.396 e. The van der Waals surface area contributed by atoms with E-state index < -0.39 is 0 Å². The number of benzene rings is 1. The summed E-state index contributed by atoms with van der Waals surface area (Å²) in [5.74, 6) is 0.497. The highest BCUT2D eigenvalue weighted by atomic mass is 16.3. The lowest BCUT2D eigenvalue weighted by Gasteiger charge is -2.39. The Morgan fingerprint density at radius 2 is 2.10 bits per heavy atom. The molecule has 3 heteroatoms. The van der Waals surface area contributed by atoms with Crippen LogP contribution < -0.4 is 4.90 Å². The van der Waals surface area contributed by atoms with Crippen molar-refractivity contribution in [3.8, 4) is 0 Å². The van der Waals surface area contributed by atoms with Crippen LogP contribution in [0.1, 0.15) is 51.7 Å². The topological polar surface area (TPSA) is 40.5 Å². The van der Waals surface area contributed by atoms with Gasteiger partial charge < -0.3 is 10.0 Å². The molecular formula is C18H25NO2. The zero-order chi connectivity index (χ0) is 15.4. The predicted molar refractivity (Wildman–Crippen MR) is 84.7 cm³/mol. The molecule has 1 N–H and O–H groups in total. The molecule has 2 atom stereocenters. The second-order valence-electron chi connectivity index (χ2n) is 7.54. The fraction of sp³-hybridized carbons (Fsp3) is 0.611. The minimum Gasteiger partial charge on any atom is -0.396 e. The van der Waals surface area contributed by atoms with Crippen molar-refractivity contribution in [1.29, 1.82) is 0 Å². The van der Waals surface area contributed by atoms with Gasteiger partial charge in [0, 0.05) is 25.8 Å². The van der Waals surface area contributed by atoms with Crippen LogP contribution in [0.3, 0.4) is 0 Å². The van der Waals surface area contributed by atoms with Gasteiger partial charge in [0.05, 0.1) is 0 Å². The Morgan fingerprint density at radius 1 is 1.38 bits per heavy atom. The maximum atomic E-state index is 11.9. The third-order valence-electron chi connectivity index (χ3n) is 5.65. The highest BCUT2D eigenvalue weighted by molar-refractivity contribution is 5.93. The van der Waals surface area contributed by atoms with E-state index in [-0.39, 0.29) is 23.3 Å². The summed E-state index contributed by atoms with van der Waals surface area (Å²) in [4.78, 5) is 13.7. The minimum absolute atomic E-state index is 0.0945. The molecule has 1 amide bonds. The molecule has 1 heterocycles. The van der Waals surface area contributed by atoms with Crippen LogP contribution in [0.25, 0.3) is 0 Å². The predicted octanol–water partition coefficient (Wildman–Crippen LogP) is 2.99. The number of fused-ring (bicyclic) bond motifs is 1. The van der Waals surface area contributed by atoms with Gasteiger partial charge in [0.25, 0.3) is 0 Å². The number of hydrogen-bond donors (Lipinski definition) is 1. The van der Waals surface area contributed by atoms with Crippen molar-refractivity contribution in [2.24, 2.45) is 5.92 Å². The summed E-state index contributed by atoms with van der Waals surface area (Å²) in [7, 11) is 0. The lowest BCUT2D eigenvalue weighted by Crippen LogP contribution is -2.40. The quantitative estimate of drug-likeness (QED) is 0.908. The Kier molecular flexibility index (Phi) is 3.17. The molecule has 0 unspecified atom stereocenters. The van der Waals surface area contributed by atoms with E-state index in [0.29, 0.717) is 5.92 Å². The fourth-order valence-electron chi connectivity index (χ4n) is 3.71. The molecule has 1 saturated carbocycles. The van der Waals surface area contributed by atoms with Crippen LogP contribution in [0.5, 0.6) is 0 Å². The molecule has 1 fully saturated rings. The van der Waals surface area contributed by atoms with Crippen LogP contribution in [0.15, 0.2) is 18.2 Å². The molecule has 1 aromatic carbocycles. The van der Waals surface area contributed by atoms with Gasteiger partial charge in [0.15, 0.2) is 0 Å². The standard InChI is InChI=1S/C18H25NO2/c1-12(21)19-8-7-17(2,3)15-9-13(5-6-16(15)19)18(4)10-14(18)11-20/h5-6,9,14,20H,7-8,10-11H2,1-4H3/t14-,18-/m1/s1. The molecule has 21 heavy (non-hydrogen) atoms. The first kappa shape index (κ1) is 14.6. The highest BCUT2D eigenvalue weighted by Crippen LogP contribution is 2.55. The third-order valence-corrected chi connectivity index (χ3v) is 5.65. The first-order chi connectivity index (χ1) is 9.79. The number of carbonyl (C=O) groups excluding carboxylic acids is 1. The van der Waals surface area contributed by atoms with E-state index in [1.54, 1.807) is 6.92 Å². The van der Waals surface area contributed by atoms with Gasteiger partial charge in [-0.2, -0.15) is 0 Å². The lowest BCUT2D eigenvalue weighted by atomic mass is 9.76. The van der Waals surface area contributed by atoms with Crippen LogP contribution in [0.2, 0.25) is 0 Å². The maximum Gasteiger partial charge on any atom is 0.223 e. The number of aliphatic hydroxyl groups is 1. The van der Waals surface area contributed by atoms with Gasteiger partial charge in [0.1, 0.15) is 0 Å². The molecule has 0 saturated heterocycles. The zero-order valence-corrected chi connectivity index (χ0v) is 13.4. The average molecular weight is 287 g/mol. The molecule has 2 aliphatic rings. The van der Waals surface area contributed by atoms with Crippen LogP contribution >= 0.6 is 0 Å². The maximum absolute atomic E-state index is 11.9. The van der Waals surface area contributed by atoms with Gasteiger partial charge in [-0.25, -0.2) is 0 Å². The summed E-state index contributed by atoms with van der Waals surface area (Å²) < 4.78 is 0. The summed E-state index contributed by atoms with van der Waals surface area (Å²) >= 11 is 0. The first-order valence-corrected chi connectivity index (χ1v) is 7.83. The Balaban J connectivity index is 2.06. The summed E-state index contributed by atoms with van der Waals surface area (Å²) in [6.07, 6.45) is 2.04. The molecule has 114 valence electrons. The summed E-state index contributed by atoms with van der Waals surface area (Å²) in [6, 6.07) is 6.52. The van der Waals surface area contributed by atoms with E-state index in [1.165, 1.54) is 11.1 Å². The molecule has 1 aliphatic heterocycles. The van der Waals surface area contributed by atoms with Gasteiger partial charge >= 0.3 is 0 Å². The van der Waals surface area contributed by atoms with Crippen LogP contribution in [0.4, 0.5) is 5.69 Å². The van der Waals surface area contributed by atoms with Gasteiger partial charge in [0.2, 0.25) is 5.91 Å². The number of nitrogens with zero attached hydrogens (tertiary/aromatic N) is 1. The summed E-state index contributed by atoms with van der Waals surface area (Å²) in [5.41, 5.74) is 3.84. The van der Waals surface area contributed by atoms with E-state index in [0.717, 1.165) is 25.1 Å². The van der Waals surface area contributed by atoms with Gasteiger partial charge in [-0.1, -0.05) is 32.9 Å². The van der Waals surface area contributed by atoms with Crippen molar-refractivity contribution in [1.82, 2.24) is 0 Å². The monoisotopic (exact) mass is 287 g/mol. The number of aliphatic hydroxyl groups excluding tert-OH is 1. The number of carbonyl (C=O) groups is 1. The molecule has 1 aliphatic carbocycles. The number of rotatable bonds is 2. The fourth-order valence-corrected chi connectivity index (χ4v) is 3.71. The van der Waals surface area contributed by atoms with E-state index in [9.17, 15) is 9.90 Å².